The van der Waals surface area contributed by atoms with Crippen molar-refractivity contribution in [2.45, 2.75) is 52.2 Å². The van der Waals surface area contributed by atoms with Gasteiger partial charge in [-0.1, -0.05) is 19.1 Å². The number of carbonyl (C=O) groups is 2. The number of aliphatic hydroxyl groups is 1. The lowest BCUT2D eigenvalue weighted by Gasteiger charge is -2.36. The summed E-state index contributed by atoms with van der Waals surface area (Å²) in [6, 6.07) is 7.22. The molecule has 2 aromatic rings. The molecular formula is C22H26FNO4S. The summed E-state index contributed by atoms with van der Waals surface area (Å²) in [5.74, 6) is -1.91. The van der Waals surface area contributed by atoms with Crippen molar-refractivity contribution >= 4 is 28.9 Å². The monoisotopic (exact) mass is 419 g/mol. The Morgan fingerprint density at radius 3 is 2.41 bits per heavy atom. The van der Waals surface area contributed by atoms with Gasteiger partial charge in [-0.2, -0.15) is 0 Å². The third kappa shape index (κ3) is 4.51. The number of rotatable bonds is 5. The van der Waals surface area contributed by atoms with Gasteiger partial charge in [-0.25, -0.2) is 9.18 Å². The summed E-state index contributed by atoms with van der Waals surface area (Å²) in [5.41, 5.74) is 1.01. The maximum absolute atomic E-state index is 13.4. The van der Waals surface area contributed by atoms with Gasteiger partial charge >= 0.3 is 5.97 Å². The van der Waals surface area contributed by atoms with E-state index in [0.717, 1.165) is 17.8 Å². The Hall–Kier alpha value is -2.25. The molecule has 1 aliphatic rings. The van der Waals surface area contributed by atoms with Gasteiger partial charge in [-0.15, -0.1) is 11.3 Å². The normalized spacial score (nSPS) is 21.9. The van der Waals surface area contributed by atoms with Gasteiger partial charge in [0.05, 0.1) is 17.7 Å². The Bertz CT molecular complexity index is 893. The van der Waals surface area contributed by atoms with Crippen LogP contribution >= 0.6 is 11.3 Å². The van der Waals surface area contributed by atoms with Crippen molar-refractivity contribution in [3.8, 4) is 10.4 Å². The Kier molecular flexibility index (Phi) is 6.39. The van der Waals surface area contributed by atoms with Gasteiger partial charge in [-0.3, -0.25) is 4.79 Å². The molecule has 3 atom stereocenters. The predicted molar refractivity (Wildman–Crippen MR) is 112 cm³/mol. The van der Waals surface area contributed by atoms with Crippen LogP contribution in [0.5, 0.6) is 0 Å². The van der Waals surface area contributed by atoms with Crippen LogP contribution in [-0.4, -0.2) is 34.2 Å². The van der Waals surface area contributed by atoms with E-state index in [-0.39, 0.29) is 22.6 Å². The first kappa shape index (κ1) is 21.5. The second-order valence-electron chi connectivity index (χ2n) is 8.03. The molecule has 0 spiro atoms. The van der Waals surface area contributed by atoms with E-state index < -0.39 is 18.0 Å². The van der Waals surface area contributed by atoms with E-state index in [1.54, 1.807) is 18.2 Å². The number of anilines is 1. The van der Waals surface area contributed by atoms with Crippen molar-refractivity contribution in [1.82, 2.24) is 0 Å². The molecule has 0 aliphatic heterocycles. The van der Waals surface area contributed by atoms with Gasteiger partial charge in [0, 0.05) is 10.9 Å². The van der Waals surface area contributed by atoms with Gasteiger partial charge in [-0.05, 0) is 62.8 Å². The molecule has 0 bridgehead atoms. The van der Waals surface area contributed by atoms with Crippen molar-refractivity contribution in [1.29, 1.82) is 0 Å². The number of hydrogen-bond acceptors (Lipinski definition) is 4. The number of hydrogen-bond donors (Lipinski definition) is 2. The number of carboxylic acids is 1. The number of carbonyl (C=O) groups excluding carboxylic acids is 1. The predicted octanol–water partition coefficient (Wildman–Crippen LogP) is 4.79. The molecule has 0 unspecified atom stereocenters. The summed E-state index contributed by atoms with van der Waals surface area (Å²) >= 11 is 1.06. The molecule has 7 heteroatoms. The lowest BCUT2D eigenvalue weighted by molar-refractivity contribution is -0.128. The van der Waals surface area contributed by atoms with E-state index in [9.17, 15) is 24.2 Å². The van der Waals surface area contributed by atoms with Gasteiger partial charge in [0.2, 0.25) is 5.91 Å². The molecule has 1 heterocycles. The van der Waals surface area contributed by atoms with E-state index in [2.05, 4.69) is 6.92 Å². The Balaban J connectivity index is 2.01. The third-order valence-corrected chi connectivity index (χ3v) is 6.61. The smallest absolute Gasteiger partial charge is 0.348 e. The van der Waals surface area contributed by atoms with Crippen LogP contribution < -0.4 is 4.90 Å². The molecule has 5 nitrogen and oxygen atoms in total. The second kappa shape index (κ2) is 8.63. The van der Waals surface area contributed by atoms with Crippen LogP contribution in [0.4, 0.5) is 10.1 Å². The van der Waals surface area contributed by atoms with E-state index in [1.807, 2.05) is 13.8 Å². The number of amides is 1. The minimum absolute atomic E-state index is 0.0602. The van der Waals surface area contributed by atoms with Crippen LogP contribution in [0.25, 0.3) is 10.4 Å². The minimum atomic E-state index is -1.12. The highest BCUT2D eigenvalue weighted by Gasteiger charge is 2.38. The van der Waals surface area contributed by atoms with E-state index in [1.165, 1.54) is 17.0 Å². The molecular weight excluding hydrogens is 393 g/mol. The molecule has 1 saturated carbocycles. The summed E-state index contributed by atoms with van der Waals surface area (Å²) in [4.78, 5) is 27.5. The maximum Gasteiger partial charge on any atom is 0.348 e. The molecule has 1 aliphatic carbocycles. The Morgan fingerprint density at radius 1 is 1.21 bits per heavy atom. The fourth-order valence-corrected chi connectivity index (χ4v) is 4.93. The molecule has 3 rings (SSSR count). The van der Waals surface area contributed by atoms with Crippen LogP contribution in [0.15, 0.2) is 30.3 Å². The fraction of sp³-hybridized carbons (Fsp3) is 0.455. The highest BCUT2D eigenvalue weighted by molar-refractivity contribution is 7.18. The number of benzene rings is 1. The SMILES string of the molecule is CC(C)N(C(=O)[C@@H]1CC[C@@H](C)C[C@@H]1O)c1cc(-c2ccc(F)cc2)sc1C(=O)O. The molecule has 2 N–H and O–H groups in total. The zero-order chi connectivity index (χ0) is 21.3. The van der Waals surface area contributed by atoms with Gasteiger partial charge in [0.25, 0.3) is 0 Å². The zero-order valence-electron chi connectivity index (χ0n) is 16.8. The summed E-state index contributed by atoms with van der Waals surface area (Å²) in [5, 5.41) is 20.2. The Labute approximate surface area is 173 Å². The molecule has 0 saturated heterocycles. The van der Waals surface area contributed by atoms with E-state index in [0.29, 0.717) is 34.9 Å². The molecule has 156 valence electrons. The summed E-state index contributed by atoms with van der Waals surface area (Å²) < 4.78 is 13.3. The summed E-state index contributed by atoms with van der Waals surface area (Å²) in [6.45, 7) is 5.72. The number of nitrogens with zero attached hydrogens (tertiary/aromatic N) is 1. The average molecular weight is 420 g/mol. The maximum atomic E-state index is 13.4. The number of carboxylic acid groups (broad SMARTS) is 1. The second-order valence-corrected chi connectivity index (χ2v) is 9.08. The van der Waals surface area contributed by atoms with Crippen molar-refractivity contribution in [3.63, 3.8) is 0 Å². The van der Waals surface area contributed by atoms with Crippen molar-refractivity contribution < 1.29 is 24.2 Å². The Morgan fingerprint density at radius 2 is 1.86 bits per heavy atom. The number of halogens is 1. The van der Waals surface area contributed by atoms with Crippen LogP contribution in [-0.2, 0) is 4.79 Å². The van der Waals surface area contributed by atoms with Crippen LogP contribution in [0, 0.1) is 17.7 Å². The van der Waals surface area contributed by atoms with Gasteiger partial charge < -0.3 is 15.1 Å². The zero-order valence-corrected chi connectivity index (χ0v) is 17.6. The lowest BCUT2D eigenvalue weighted by Crippen LogP contribution is -2.46. The van der Waals surface area contributed by atoms with E-state index >= 15 is 0 Å². The average Bonchev–Trinajstić information content (AvgIpc) is 3.07. The largest absolute Gasteiger partial charge is 0.477 e. The molecule has 1 aromatic heterocycles. The summed E-state index contributed by atoms with van der Waals surface area (Å²) in [7, 11) is 0. The van der Waals surface area contributed by atoms with Crippen LogP contribution in [0.1, 0.15) is 49.7 Å². The number of aliphatic hydroxyl groups excluding tert-OH is 1. The third-order valence-electron chi connectivity index (χ3n) is 5.44. The first-order chi connectivity index (χ1) is 13.7. The highest BCUT2D eigenvalue weighted by atomic mass is 32.1. The van der Waals surface area contributed by atoms with Crippen LogP contribution in [0.3, 0.4) is 0 Å². The van der Waals surface area contributed by atoms with E-state index in [4.69, 9.17) is 0 Å². The molecule has 1 amide bonds. The number of aromatic carboxylic acids is 1. The van der Waals surface area contributed by atoms with Crippen LogP contribution in [0.2, 0.25) is 0 Å². The first-order valence-corrected chi connectivity index (χ1v) is 10.6. The van der Waals surface area contributed by atoms with Gasteiger partial charge in [0.1, 0.15) is 10.7 Å². The highest BCUT2D eigenvalue weighted by Crippen LogP contribution is 2.40. The molecule has 29 heavy (non-hydrogen) atoms. The number of thiophene rings is 1. The van der Waals surface area contributed by atoms with Gasteiger partial charge in [0.15, 0.2) is 0 Å². The minimum Gasteiger partial charge on any atom is -0.477 e. The quantitative estimate of drug-likeness (QED) is 0.730. The van der Waals surface area contributed by atoms with Crippen molar-refractivity contribution in [2.75, 3.05) is 4.90 Å². The lowest BCUT2D eigenvalue weighted by atomic mass is 9.80. The summed E-state index contributed by atoms with van der Waals surface area (Å²) in [6.07, 6.45) is 1.28. The fourth-order valence-electron chi connectivity index (χ4n) is 3.94. The molecule has 0 radical (unpaired) electrons. The topological polar surface area (TPSA) is 77.8 Å². The first-order valence-electron chi connectivity index (χ1n) is 9.83. The van der Waals surface area contributed by atoms with Crippen molar-refractivity contribution in [2.24, 2.45) is 11.8 Å². The molecule has 1 aromatic carbocycles. The van der Waals surface area contributed by atoms with Crippen molar-refractivity contribution in [3.05, 3.63) is 41.0 Å². The molecule has 1 fully saturated rings. The standard InChI is InChI=1S/C22H26FNO4S/c1-12(2)24(21(26)16-9-4-13(3)10-18(16)25)17-11-19(29-20(17)22(27)28)14-5-7-15(23)8-6-14/h5-8,11-13,16,18,25H,4,9-10H2,1-3H3,(H,27,28)/t13-,16-,18+/m1/s1.